The zero-order chi connectivity index (χ0) is 34.5. The Kier molecular flexibility index (Phi) is 11.0. The van der Waals surface area contributed by atoms with Crippen LogP contribution in [0.4, 0.5) is 0 Å². The first kappa shape index (κ1) is 34.6. The molecule has 0 bridgehead atoms. The number of carbonyl (C=O) groups excluding carboxylic acids is 4. The van der Waals surface area contributed by atoms with E-state index in [-0.39, 0.29) is 12.2 Å². The van der Waals surface area contributed by atoms with Gasteiger partial charge < -0.3 is 9.64 Å². The summed E-state index contributed by atoms with van der Waals surface area (Å²) in [7, 11) is 0. The van der Waals surface area contributed by atoms with Crippen LogP contribution in [-0.2, 0) is 35.4 Å². The van der Waals surface area contributed by atoms with Crippen molar-refractivity contribution in [3.63, 3.8) is 0 Å². The first-order valence-corrected chi connectivity index (χ1v) is 17.6. The molecule has 2 heterocycles. The number of nitrogens with one attached hydrogen (secondary N) is 1. The summed E-state index contributed by atoms with van der Waals surface area (Å²) in [6.45, 7) is 1.42. The molecule has 2 unspecified atom stereocenters. The zero-order valence-electron chi connectivity index (χ0n) is 25.9. The number of ether oxygens (including phenoxy) is 1. The van der Waals surface area contributed by atoms with Crippen LogP contribution in [-0.4, -0.2) is 49.6 Å². The lowest BCUT2D eigenvalue weighted by molar-refractivity contribution is -0.151. The maximum atomic E-state index is 14.2. The summed E-state index contributed by atoms with van der Waals surface area (Å²) < 4.78 is 7.49. The maximum Gasteiger partial charge on any atom is 0.324 e. The highest BCUT2D eigenvalue weighted by molar-refractivity contribution is 8.01. The Morgan fingerprint density at radius 2 is 1.53 bits per heavy atom. The van der Waals surface area contributed by atoms with E-state index in [9.17, 15) is 19.2 Å². The Morgan fingerprint density at radius 1 is 0.918 bits per heavy atom. The molecule has 6 rings (SSSR count). The Hall–Kier alpha value is -4.26. The van der Waals surface area contributed by atoms with Crippen LogP contribution in [0, 0.1) is 0 Å². The van der Waals surface area contributed by atoms with Gasteiger partial charge >= 0.3 is 5.97 Å². The fourth-order valence-corrected chi connectivity index (χ4v) is 8.28. The fraction of sp³-hybridized carbons (Fsp3) is 0.167. The molecule has 9 nitrogen and oxygen atoms in total. The zero-order valence-corrected chi connectivity index (χ0v) is 29.0. The largest absolute Gasteiger partial charge is 0.451 e. The average Bonchev–Trinajstić information content (AvgIpc) is 3.12. The van der Waals surface area contributed by atoms with E-state index in [4.69, 9.17) is 32.8 Å². The van der Waals surface area contributed by atoms with Crippen LogP contribution in [0.1, 0.15) is 29.7 Å². The Bertz CT molecular complexity index is 1840. The smallest absolute Gasteiger partial charge is 0.324 e. The topological polar surface area (TPSA) is 105 Å². The highest BCUT2D eigenvalue weighted by Gasteiger charge is 2.57. The number of β-lactam (4-membered cyclic amide) rings is 1. The summed E-state index contributed by atoms with van der Waals surface area (Å²) in [5.41, 5.74) is 4.67. The van der Waals surface area contributed by atoms with Gasteiger partial charge in [-0.15, -0.1) is 11.8 Å². The van der Waals surface area contributed by atoms with E-state index >= 15 is 0 Å². The minimum atomic E-state index is -1.18. The molecule has 0 spiro atoms. The molecule has 1 saturated heterocycles. The van der Waals surface area contributed by atoms with E-state index in [1.54, 1.807) is 18.2 Å². The van der Waals surface area contributed by atoms with Gasteiger partial charge in [-0.05, 0) is 46.8 Å². The van der Waals surface area contributed by atoms with Gasteiger partial charge in [0.25, 0.3) is 11.8 Å². The predicted octanol–water partition coefficient (Wildman–Crippen LogP) is 6.97. The van der Waals surface area contributed by atoms with Crippen LogP contribution in [0.3, 0.4) is 0 Å². The summed E-state index contributed by atoms with van der Waals surface area (Å²) in [5.74, 6) is -2.26. The molecule has 4 aromatic carbocycles. The van der Waals surface area contributed by atoms with Gasteiger partial charge in [-0.1, -0.05) is 114 Å². The number of rotatable bonds is 11. The van der Waals surface area contributed by atoms with E-state index in [2.05, 4.69) is 5.48 Å². The number of halogens is 2. The molecule has 0 saturated carbocycles. The third-order valence-electron chi connectivity index (χ3n) is 7.70. The number of benzene rings is 4. The molecule has 250 valence electrons. The number of hydrogen-bond donors (Lipinski definition) is 1. The van der Waals surface area contributed by atoms with Crippen molar-refractivity contribution in [1.82, 2.24) is 14.7 Å². The molecule has 4 aromatic rings. The number of thioether (sulfide) groups is 1. The number of fused-ring (bicyclic) bond motifs is 1. The van der Waals surface area contributed by atoms with Crippen molar-refractivity contribution < 1.29 is 28.8 Å². The van der Waals surface area contributed by atoms with Crippen molar-refractivity contribution in [2.75, 3.05) is 0 Å². The number of hydroxylamine groups is 1. The van der Waals surface area contributed by atoms with E-state index < -0.39 is 46.5 Å². The van der Waals surface area contributed by atoms with Crippen LogP contribution in [0.2, 0.25) is 10.0 Å². The van der Waals surface area contributed by atoms with E-state index in [1.807, 2.05) is 91.0 Å². The molecule has 2 aliphatic rings. The third kappa shape index (κ3) is 7.82. The Balaban J connectivity index is 1.29. The fourth-order valence-electron chi connectivity index (χ4n) is 5.30. The molecular weight excluding hydrogens is 705 g/mol. The first-order valence-electron chi connectivity index (χ1n) is 15.1. The van der Waals surface area contributed by atoms with Crippen molar-refractivity contribution in [2.24, 2.45) is 0 Å². The highest BCUT2D eigenvalue weighted by Crippen LogP contribution is 2.46. The lowest BCUT2D eigenvalue weighted by Crippen LogP contribution is -2.69. The molecule has 1 N–H and O–H groups in total. The van der Waals surface area contributed by atoms with E-state index in [0.29, 0.717) is 14.9 Å². The van der Waals surface area contributed by atoms with Crippen LogP contribution >= 0.6 is 46.9 Å². The third-order valence-corrected chi connectivity index (χ3v) is 11.1. The first-order chi connectivity index (χ1) is 23.7. The summed E-state index contributed by atoms with van der Waals surface area (Å²) in [4.78, 5) is 61.6. The Morgan fingerprint density at radius 3 is 2.14 bits per heavy atom. The number of carbonyl (C=O) groups is 4. The summed E-state index contributed by atoms with van der Waals surface area (Å²) in [5, 5.41) is -1.13. The molecule has 3 atom stereocenters. The lowest BCUT2D eigenvalue weighted by Gasteiger charge is -2.51. The quantitative estimate of drug-likeness (QED) is 0.0764. The van der Waals surface area contributed by atoms with Gasteiger partial charge in [-0.3, -0.25) is 28.3 Å². The normalized spacial score (nSPS) is 18.2. The van der Waals surface area contributed by atoms with Crippen LogP contribution in [0.15, 0.2) is 126 Å². The van der Waals surface area contributed by atoms with Gasteiger partial charge in [0.05, 0.1) is 17.2 Å². The molecule has 49 heavy (non-hydrogen) atoms. The number of hydrogen-bond acceptors (Lipinski definition) is 8. The van der Waals surface area contributed by atoms with Gasteiger partial charge in [0.1, 0.15) is 10.6 Å². The van der Waals surface area contributed by atoms with Crippen molar-refractivity contribution in [2.45, 2.75) is 41.2 Å². The number of esters is 1. The van der Waals surface area contributed by atoms with Crippen LogP contribution in [0.5, 0.6) is 0 Å². The molecular formula is C36H29Cl2N3O6S2. The Labute approximate surface area is 301 Å². The van der Waals surface area contributed by atoms with Gasteiger partial charge in [0.2, 0.25) is 5.91 Å². The highest BCUT2D eigenvalue weighted by atomic mass is 35.5. The molecule has 13 heteroatoms. The summed E-state index contributed by atoms with van der Waals surface area (Å²) >= 11 is 14.6. The minimum absolute atomic E-state index is 0.0362. The molecule has 0 aromatic heterocycles. The number of amides is 3. The van der Waals surface area contributed by atoms with Crippen molar-refractivity contribution in [1.29, 1.82) is 0 Å². The summed E-state index contributed by atoms with van der Waals surface area (Å²) in [6, 6.07) is 31.6. The van der Waals surface area contributed by atoms with Gasteiger partial charge in [0, 0.05) is 23.0 Å². The van der Waals surface area contributed by atoms with E-state index in [1.165, 1.54) is 22.3 Å². The summed E-state index contributed by atoms with van der Waals surface area (Å²) in [6.07, 6.45) is 0.558. The number of nitrogens with zero attached hydrogens (tertiary/aromatic N) is 2. The second-order valence-corrected chi connectivity index (χ2v) is 14.1. The van der Waals surface area contributed by atoms with Gasteiger partial charge in [-0.2, -0.15) is 0 Å². The predicted molar refractivity (Wildman–Crippen MR) is 189 cm³/mol. The molecule has 2 aliphatic heterocycles. The van der Waals surface area contributed by atoms with Gasteiger partial charge in [0.15, 0.2) is 12.1 Å². The molecule has 0 aliphatic carbocycles. The SMILES string of the molecule is CC(=O)N(Sc1cc(Cl)ccc1Cl)C1C(=O)N2C=C(C(=O)NOCc3ccccc3)C(C(=O)OC(c3ccccc3)c3ccccc3)S[C@H]12. The van der Waals surface area contributed by atoms with Crippen LogP contribution < -0.4 is 5.48 Å². The molecule has 1 fully saturated rings. The van der Waals surface area contributed by atoms with Crippen molar-refractivity contribution in [3.8, 4) is 0 Å². The molecule has 3 amide bonds. The molecule has 0 radical (unpaired) electrons. The minimum Gasteiger partial charge on any atom is -0.451 e. The van der Waals surface area contributed by atoms with Gasteiger partial charge in [-0.25, -0.2) is 5.48 Å². The monoisotopic (exact) mass is 733 g/mol. The second-order valence-electron chi connectivity index (χ2n) is 11.0. The maximum absolute atomic E-state index is 14.2. The lowest BCUT2D eigenvalue weighted by atomic mass is 10.0. The van der Waals surface area contributed by atoms with Crippen molar-refractivity contribution in [3.05, 3.63) is 148 Å². The second kappa shape index (κ2) is 15.5. The average molecular weight is 735 g/mol. The van der Waals surface area contributed by atoms with Crippen molar-refractivity contribution >= 4 is 70.6 Å². The van der Waals surface area contributed by atoms with Crippen LogP contribution in [0.25, 0.3) is 0 Å². The van der Waals surface area contributed by atoms with E-state index in [0.717, 1.165) is 40.4 Å². The standard InChI is InChI=1S/C36H29Cl2N3O6S2/c1-22(42)41(49-29-19-26(37)17-18-28(29)38)30-34(44)40-20-27(33(43)39-46-21-23-11-5-2-6-12-23)32(48-35(30)40)36(45)47-31(24-13-7-3-8-14-24)25-15-9-4-10-16-25/h2-20,30-32,35H,21H2,1H3,(H,39,43)/t30?,32?,35-/m1/s1.